The molecule has 2 aliphatic rings. The van der Waals surface area contributed by atoms with Gasteiger partial charge >= 0.3 is 6.36 Å². The first-order valence-electron chi connectivity index (χ1n) is 11.5. The van der Waals surface area contributed by atoms with Crippen LogP contribution < -0.4 is 19.1 Å². The Kier molecular flexibility index (Phi) is 6.50. The molecule has 7 nitrogen and oxygen atoms in total. The number of nitrogens with one attached hydrogen (secondary N) is 1. The zero-order valence-electron chi connectivity index (χ0n) is 19.7. The molecule has 5 rings (SSSR count). The summed E-state index contributed by atoms with van der Waals surface area (Å²) >= 11 is 0. The number of anilines is 2. The Morgan fingerprint density at radius 3 is 2.19 bits per heavy atom. The van der Waals surface area contributed by atoms with Crippen molar-refractivity contribution in [2.24, 2.45) is 4.36 Å². The number of ether oxygens (including phenoxy) is 2. The van der Waals surface area contributed by atoms with Crippen molar-refractivity contribution in [3.63, 3.8) is 0 Å². The summed E-state index contributed by atoms with van der Waals surface area (Å²) in [6, 6.07) is 19.3. The van der Waals surface area contributed by atoms with Crippen LogP contribution in [0.5, 0.6) is 17.2 Å². The lowest BCUT2D eigenvalue weighted by molar-refractivity contribution is -0.274. The van der Waals surface area contributed by atoms with Crippen molar-refractivity contribution in [2.75, 3.05) is 11.9 Å². The van der Waals surface area contributed by atoms with E-state index in [1.165, 1.54) is 19.2 Å². The molecule has 3 atom stereocenters. The molecule has 11 heteroatoms. The third-order valence-corrected chi connectivity index (χ3v) is 8.14. The van der Waals surface area contributed by atoms with E-state index in [9.17, 15) is 22.5 Å². The number of rotatable bonds is 5. The fraction of sp³-hybridized carbons (Fsp3) is 0.231. The molecule has 0 fully saturated rings. The SMILES string of the molecule is CN=S(=O)(NC1=CCC[C@H](N2c3ccccc3Oc3ccccc32)[C@H]1O)c1ccc(OC(F)(F)F)cc1. The quantitative estimate of drug-likeness (QED) is 0.429. The molecule has 1 aliphatic heterocycles. The monoisotopic (exact) mass is 531 g/mol. The second-order valence-corrected chi connectivity index (χ2v) is 10.6. The molecule has 3 aromatic carbocycles. The summed E-state index contributed by atoms with van der Waals surface area (Å²) < 4.78 is 68.1. The molecule has 2 N–H and O–H groups in total. The maximum Gasteiger partial charge on any atom is 0.573 e. The van der Waals surface area contributed by atoms with Gasteiger partial charge in [-0.25, -0.2) is 8.57 Å². The van der Waals surface area contributed by atoms with Crippen molar-refractivity contribution in [3.05, 3.63) is 84.6 Å². The molecule has 0 aromatic heterocycles. The summed E-state index contributed by atoms with van der Waals surface area (Å²) in [6.45, 7) is 0. The first-order valence-corrected chi connectivity index (χ1v) is 13.0. The minimum atomic E-state index is -4.83. The number of para-hydroxylation sites is 4. The van der Waals surface area contributed by atoms with E-state index in [1.807, 2.05) is 53.4 Å². The van der Waals surface area contributed by atoms with E-state index in [-0.39, 0.29) is 4.90 Å². The van der Waals surface area contributed by atoms with Crippen molar-refractivity contribution in [2.45, 2.75) is 36.2 Å². The molecule has 194 valence electrons. The molecule has 1 unspecified atom stereocenters. The van der Waals surface area contributed by atoms with E-state index in [4.69, 9.17) is 4.74 Å². The van der Waals surface area contributed by atoms with E-state index in [0.29, 0.717) is 30.0 Å². The standard InChI is InChI=1S/C26H24F3N3O4S/c1-30-37(34,18-15-13-17(14-16-18)36-26(27,28)29)31-19-7-6-10-22(25(19)33)32-20-8-2-4-11-23(20)35-24-12-5-3-9-21(24)32/h2-5,7-9,11-16,22,25,33H,6,10H2,1H3,(H,30,31,34)/t22-,25-,37?/m0/s1. The second kappa shape index (κ2) is 9.64. The lowest BCUT2D eigenvalue weighted by atomic mass is 9.93. The van der Waals surface area contributed by atoms with Crippen LogP contribution in [0.15, 0.2) is 93.8 Å². The number of aliphatic hydroxyl groups excluding tert-OH is 1. The van der Waals surface area contributed by atoms with Gasteiger partial charge in [0.25, 0.3) is 0 Å². The number of nitrogens with zero attached hydrogens (tertiary/aromatic N) is 2. The summed E-state index contributed by atoms with van der Waals surface area (Å²) in [5.41, 5.74) is 1.92. The normalized spacial score (nSPS) is 20.5. The van der Waals surface area contributed by atoms with Crippen LogP contribution in [0.3, 0.4) is 0 Å². The molecule has 0 spiro atoms. The summed E-state index contributed by atoms with van der Waals surface area (Å²) in [5, 5.41) is 11.5. The Labute approximate surface area is 212 Å². The predicted molar refractivity (Wildman–Crippen MR) is 133 cm³/mol. The lowest BCUT2D eigenvalue weighted by Crippen LogP contribution is -2.47. The third kappa shape index (κ3) is 4.96. The van der Waals surface area contributed by atoms with Gasteiger partial charge in [0, 0.05) is 7.05 Å². The number of halogens is 3. The van der Waals surface area contributed by atoms with Gasteiger partial charge in [-0.05, 0) is 61.4 Å². The van der Waals surface area contributed by atoms with Crippen LogP contribution >= 0.6 is 0 Å². The molecule has 0 saturated carbocycles. The first kappa shape index (κ1) is 25.0. The van der Waals surface area contributed by atoms with Crippen molar-refractivity contribution in [3.8, 4) is 17.2 Å². The van der Waals surface area contributed by atoms with Crippen LogP contribution in [0, 0.1) is 0 Å². The maximum absolute atomic E-state index is 13.7. The number of alkyl halides is 3. The van der Waals surface area contributed by atoms with Gasteiger partial charge in [0.2, 0.25) is 0 Å². The van der Waals surface area contributed by atoms with Crippen molar-refractivity contribution in [1.82, 2.24) is 4.72 Å². The van der Waals surface area contributed by atoms with Gasteiger partial charge in [0.1, 0.15) is 11.9 Å². The highest BCUT2D eigenvalue weighted by molar-refractivity contribution is 7.91. The van der Waals surface area contributed by atoms with Crippen LogP contribution in [-0.2, 0) is 9.92 Å². The molecular weight excluding hydrogens is 507 g/mol. The Bertz CT molecular complexity index is 1400. The highest BCUT2D eigenvalue weighted by Crippen LogP contribution is 2.49. The van der Waals surface area contributed by atoms with E-state index >= 15 is 0 Å². The number of hydrogen-bond acceptors (Lipinski definition) is 6. The maximum atomic E-state index is 13.7. The number of aliphatic hydroxyl groups is 1. The molecule has 37 heavy (non-hydrogen) atoms. The molecule has 0 radical (unpaired) electrons. The number of allylic oxidation sites excluding steroid dienone is 1. The summed E-state index contributed by atoms with van der Waals surface area (Å²) in [5.74, 6) is 0.882. The Morgan fingerprint density at radius 1 is 1.03 bits per heavy atom. The molecule has 0 amide bonds. The molecule has 0 saturated heterocycles. The van der Waals surface area contributed by atoms with Crippen LogP contribution in [0.1, 0.15) is 12.8 Å². The highest BCUT2D eigenvalue weighted by atomic mass is 32.2. The van der Waals surface area contributed by atoms with E-state index in [2.05, 4.69) is 13.8 Å². The van der Waals surface area contributed by atoms with Gasteiger partial charge < -0.3 is 19.5 Å². The molecule has 3 aromatic rings. The van der Waals surface area contributed by atoms with Gasteiger partial charge in [0.15, 0.2) is 21.4 Å². The average molecular weight is 532 g/mol. The highest BCUT2D eigenvalue weighted by Gasteiger charge is 2.37. The smallest absolute Gasteiger partial charge is 0.453 e. The second-order valence-electron chi connectivity index (χ2n) is 8.49. The van der Waals surface area contributed by atoms with Crippen LogP contribution in [-0.4, -0.2) is 34.9 Å². The van der Waals surface area contributed by atoms with E-state index in [0.717, 1.165) is 23.5 Å². The zero-order chi connectivity index (χ0) is 26.2. The third-order valence-electron chi connectivity index (χ3n) is 6.20. The van der Waals surface area contributed by atoms with Crippen LogP contribution in [0.2, 0.25) is 0 Å². The zero-order valence-corrected chi connectivity index (χ0v) is 20.5. The molecular formula is C26H24F3N3O4S. The number of fused-ring (bicyclic) bond motifs is 2. The van der Waals surface area contributed by atoms with Gasteiger partial charge in [-0.1, -0.05) is 30.3 Å². The predicted octanol–water partition coefficient (Wildman–Crippen LogP) is 5.90. The minimum absolute atomic E-state index is 0.154. The van der Waals surface area contributed by atoms with E-state index < -0.39 is 34.2 Å². The number of benzene rings is 3. The number of hydrogen-bond donors (Lipinski definition) is 2. The van der Waals surface area contributed by atoms with Gasteiger partial charge in [-0.2, -0.15) is 0 Å². The fourth-order valence-corrected chi connectivity index (χ4v) is 6.00. The van der Waals surface area contributed by atoms with Crippen molar-refractivity contribution in [1.29, 1.82) is 0 Å². The van der Waals surface area contributed by atoms with E-state index in [1.54, 1.807) is 6.08 Å². The average Bonchev–Trinajstić information content (AvgIpc) is 2.88. The Morgan fingerprint density at radius 2 is 1.62 bits per heavy atom. The minimum Gasteiger partial charge on any atom is -0.453 e. The fourth-order valence-electron chi connectivity index (χ4n) is 4.55. The summed E-state index contributed by atoms with van der Waals surface area (Å²) in [7, 11) is -1.96. The van der Waals surface area contributed by atoms with Crippen LogP contribution in [0.25, 0.3) is 0 Å². The largest absolute Gasteiger partial charge is 0.573 e. The summed E-state index contributed by atoms with van der Waals surface area (Å²) in [4.78, 5) is 2.18. The van der Waals surface area contributed by atoms with Gasteiger partial charge in [-0.15, -0.1) is 13.2 Å². The Hall–Kier alpha value is -3.70. The topological polar surface area (TPSA) is 83.4 Å². The van der Waals surface area contributed by atoms with Crippen molar-refractivity contribution < 1.29 is 32.0 Å². The van der Waals surface area contributed by atoms with Crippen molar-refractivity contribution >= 4 is 21.3 Å². The van der Waals surface area contributed by atoms with Gasteiger partial charge in [-0.3, -0.25) is 4.72 Å². The lowest BCUT2D eigenvalue weighted by Gasteiger charge is -2.42. The Balaban J connectivity index is 1.43. The molecule has 0 bridgehead atoms. The van der Waals surface area contributed by atoms with Gasteiger partial charge in [0.05, 0.1) is 28.0 Å². The molecule has 1 heterocycles. The molecule has 1 aliphatic carbocycles. The summed E-state index contributed by atoms with van der Waals surface area (Å²) in [6.07, 6.45) is -2.93. The first-order chi connectivity index (χ1) is 17.7. The van der Waals surface area contributed by atoms with Crippen LogP contribution in [0.4, 0.5) is 24.5 Å².